The van der Waals surface area contributed by atoms with Crippen molar-refractivity contribution < 1.29 is 33.1 Å². The maximum Gasteiger partial charge on any atom is 0.272 e. The summed E-state index contributed by atoms with van der Waals surface area (Å²) in [6, 6.07) is 18.9. The summed E-state index contributed by atoms with van der Waals surface area (Å²) in [7, 11) is 0. The lowest BCUT2D eigenvalue weighted by molar-refractivity contribution is -0.140. The predicted octanol–water partition coefficient (Wildman–Crippen LogP) is 5.90. The van der Waals surface area contributed by atoms with Gasteiger partial charge in [-0.3, -0.25) is 33.7 Å². The Hall–Kier alpha value is -6.00. The van der Waals surface area contributed by atoms with Gasteiger partial charge in [0.25, 0.3) is 17.4 Å². The Morgan fingerprint density at radius 3 is 2.14 bits per heavy atom. The van der Waals surface area contributed by atoms with E-state index in [-0.39, 0.29) is 71.3 Å². The van der Waals surface area contributed by atoms with E-state index in [4.69, 9.17) is 4.74 Å². The molecular weight excluding hydrogens is 916 g/mol. The topological polar surface area (TPSA) is 169 Å². The zero-order chi connectivity index (χ0) is 49.7. The molecule has 72 heavy (non-hydrogen) atoms. The van der Waals surface area contributed by atoms with Crippen molar-refractivity contribution in [1.82, 2.24) is 40.0 Å². The number of hydrogen-bond donors (Lipinski definition) is 2. The molecule has 15 nitrogen and oxygen atoms in total. The summed E-state index contributed by atoms with van der Waals surface area (Å²) >= 11 is 0. The highest BCUT2D eigenvalue weighted by Crippen LogP contribution is 2.35. The Morgan fingerprint density at radius 2 is 1.40 bits per heavy atom. The van der Waals surface area contributed by atoms with Crippen LogP contribution in [0, 0.1) is 17.7 Å². The molecule has 2 aliphatic carbocycles. The van der Waals surface area contributed by atoms with Crippen molar-refractivity contribution in [3.05, 3.63) is 111 Å². The van der Waals surface area contributed by atoms with E-state index >= 15 is 4.39 Å². The first-order valence-electron chi connectivity index (χ1n) is 26.7. The standard InChI is InChI=1S/C56H69FN8O7/c57-48-18-15-37(33-49-45-13-4-5-14-46(45)53(68)60-59-49)32-47(48)55(70)64-30-28-62(29-31-64)50(66)36-61-24-19-43(20-25-61)72-44-21-26-63(27-22-44)56(71)51(38-8-2-1-3-9-38)58-52(67)41-11-6-10-40(34-41)42-12-7-23-65(35-42)54(69)39-16-17-39/h4-6,10-11,13-15,18,32,34,38-39,42-44,51H,1-3,7-9,12,16-17,19-31,33,35-36H2,(H,58,67)(H,60,68)/t42?,51-/m1/s1. The molecular formula is C56H69FN8O7. The molecule has 0 radical (unpaired) electrons. The number of hydrogen-bond acceptors (Lipinski definition) is 9. The van der Waals surface area contributed by atoms with E-state index < -0.39 is 17.8 Å². The number of nitrogens with one attached hydrogen (secondary N) is 2. The second-order valence-electron chi connectivity index (χ2n) is 21.2. The molecule has 2 atom stereocenters. The number of nitrogens with zero attached hydrogens (tertiary/aromatic N) is 6. The van der Waals surface area contributed by atoms with Crippen LogP contribution in [0.5, 0.6) is 0 Å². The minimum atomic E-state index is -0.611. The quantitative estimate of drug-likeness (QED) is 0.166. The van der Waals surface area contributed by atoms with Crippen LogP contribution in [0.1, 0.15) is 127 Å². The Morgan fingerprint density at radius 1 is 0.694 bits per heavy atom. The average molecular weight is 985 g/mol. The van der Waals surface area contributed by atoms with Crippen molar-refractivity contribution in [2.45, 2.75) is 114 Å². The molecule has 2 saturated carbocycles. The minimum absolute atomic E-state index is 0.00337. The Bertz CT molecular complexity index is 2680. The summed E-state index contributed by atoms with van der Waals surface area (Å²) in [5, 5.41) is 11.2. The number of aromatic amines is 1. The molecule has 1 unspecified atom stereocenters. The molecule has 3 aromatic carbocycles. The fraction of sp³-hybridized carbons (Fsp3) is 0.554. The molecule has 0 bridgehead atoms. The van der Waals surface area contributed by atoms with Gasteiger partial charge in [-0.15, -0.1) is 0 Å². The molecule has 2 N–H and O–H groups in total. The van der Waals surface area contributed by atoms with Crippen LogP contribution in [0.15, 0.2) is 71.5 Å². The van der Waals surface area contributed by atoms with Crippen molar-refractivity contribution in [3.63, 3.8) is 0 Å². The highest BCUT2D eigenvalue weighted by molar-refractivity contribution is 5.98. The molecule has 6 fully saturated rings. The number of carbonyl (C=O) groups is 5. The Labute approximate surface area is 420 Å². The molecule has 1 aromatic heterocycles. The van der Waals surface area contributed by atoms with Crippen molar-refractivity contribution in [1.29, 1.82) is 0 Å². The van der Waals surface area contributed by atoms with Gasteiger partial charge in [-0.25, -0.2) is 9.49 Å². The number of aromatic nitrogens is 2. The van der Waals surface area contributed by atoms with Gasteiger partial charge in [0.05, 0.1) is 35.4 Å². The molecule has 4 saturated heterocycles. The SMILES string of the molecule is O=C(N[C@@H](C(=O)N1CCC(OC2CCN(CC(=O)N3CCN(C(=O)c4cc(Cc5n[nH]c(=O)c6ccccc56)ccc4F)CC3)CC2)CC1)C1CCCCC1)c1cccc(C2CCCN(C(=O)C3CC3)C2)c1. The van der Waals surface area contributed by atoms with E-state index in [9.17, 15) is 28.8 Å². The van der Waals surface area contributed by atoms with Crippen LogP contribution in [-0.2, 0) is 25.5 Å². The monoisotopic (exact) mass is 985 g/mol. The molecule has 10 rings (SSSR count). The molecule has 6 aliphatic rings. The number of rotatable bonds is 13. The first kappa shape index (κ1) is 49.6. The van der Waals surface area contributed by atoms with Crippen LogP contribution >= 0.6 is 0 Å². The molecule has 5 heterocycles. The van der Waals surface area contributed by atoms with Gasteiger partial charge in [-0.1, -0.05) is 55.7 Å². The van der Waals surface area contributed by atoms with Crippen LogP contribution in [0.4, 0.5) is 4.39 Å². The van der Waals surface area contributed by atoms with E-state index in [2.05, 4.69) is 26.5 Å². The third-order valence-electron chi connectivity index (χ3n) is 16.3. The number of ether oxygens (including phenoxy) is 1. The fourth-order valence-corrected chi connectivity index (χ4v) is 11.9. The third-order valence-corrected chi connectivity index (χ3v) is 16.3. The number of amides is 5. The number of H-pyrrole nitrogens is 1. The van der Waals surface area contributed by atoms with Crippen molar-refractivity contribution in [2.24, 2.45) is 11.8 Å². The predicted molar refractivity (Wildman–Crippen MR) is 270 cm³/mol. The van der Waals surface area contributed by atoms with Gasteiger partial charge in [-0.05, 0) is 112 Å². The molecule has 382 valence electrons. The van der Waals surface area contributed by atoms with Gasteiger partial charge in [0.15, 0.2) is 0 Å². The van der Waals surface area contributed by atoms with Crippen LogP contribution in [0.2, 0.25) is 0 Å². The zero-order valence-corrected chi connectivity index (χ0v) is 41.4. The first-order valence-corrected chi connectivity index (χ1v) is 26.7. The number of piperazine rings is 1. The average Bonchev–Trinajstić information content (AvgIpc) is 4.28. The summed E-state index contributed by atoms with van der Waals surface area (Å²) in [6.07, 6.45) is 12.5. The minimum Gasteiger partial charge on any atom is -0.375 e. The number of halogens is 1. The first-order chi connectivity index (χ1) is 35.0. The molecule has 4 aliphatic heterocycles. The maximum absolute atomic E-state index is 15.1. The molecule has 16 heteroatoms. The van der Waals surface area contributed by atoms with Gasteiger partial charge >= 0.3 is 0 Å². The normalized spacial score (nSPS) is 21.4. The summed E-state index contributed by atoms with van der Waals surface area (Å²) in [6.45, 7) is 5.76. The van der Waals surface area contributed by atoms with Crippen LogP contribution in [0.3, 0.4) is 0 Å². The highest BCUT2D eigenvalue weighted by atomic mass is 19.1. The highest BCUT2D eigenvalue weighted by Gasteiger charge is 2.38. The lowest BCUT2D eigenvalue weighted by atomic mass is 9.83. The van der Waals surface area contributed by atoms with E-state index in [0.717, 1.165) is 109 Å². The summed E-state index contributed by atoms with van der Waals surface area (Å²) in [5.74, 6) is -0.460. The lowest BCUT2D eigenvalue weighted by Gasteiger charge is -2.40. The van der Waals surface area contributed by atoms with Crippen LogP contribution in [-0.4, -0.2) is 154 Å². The Balaban J connectivity index is 0.657. The van der Waals surface area contributed by atoms with Crippen LogP contribution < -0.4 is 10.9 Å². The largest absolute Gasteiger partial charge is 0.375 e. The van der Waals surface area contributed by atoms with E-state index in [1.807, 2.05) is 40.1 Å². The second kappa shape index (κ2) is 22.4. The smallest absolute Gasteiger partial charge is 0.272 e. The molecule has 4 aromatic rings. The number of benzene rings is 3. The zero-order valence-electron chi connectivity index (χ0n) is 41.4. The van der Waals surface area contributed by atoms with Crippen molar-refractivity contribution >= 4 is 40.3 Å². The molecule has 0 spiro atoms. The fourth-order valence-electron chi connectivity index (χ4n) is 11.9. The summed E-state index contributed by atoms with van der Waals surface area (Å²) in [4.78, 5) is 90.0. The number of fused-ring (bicyclic) bond motifs is 1. The number of piperidine rings is 3. The van der Waals surface area contributed by atoms with Crippen molar-refractivity contribution in [2.75, 3.05) is 72.0 Å². The maximum atomic E-state index is 15.1. The third kappa shape index (κ3) is 11.6. The van der Waals surface area contributed by atoms with Gasteiger partial charge < -0.3 is 29.7 Å². The van der Waals surface area contributed by atoms with Gasteiger partial charge in [0.2, 0.25) is 17.7 Å². The van der Waals surface area contributed by atoms with Gasteiger partial charge in [-0.2, -0.15) is 5.10 Å². The number of carbonyl (C=O) groups excluding carboxylic acids is 5. The van der Waals surface area contributed by atoms with E-state index in [1.54, 1.807) is 34.1 Å². The van der Waals surface area contributed by atoms with Crippen molar-refractivity contribution in [3.8, 4) is 0 Å². The van der Waals surface area contributed by atoms with E-state index in [0.29, 0.717) is 79.8 Å². The summed E-state index contributed by atoms with van der Waals surface area (Å²) in [5.41, 5.74) is 2.64. The number of likely N-dealkylation sites (tertiary alicyclic amines) is 3. The van der Waals surface area contributed by atoms with Gasteiger partial charge in [0.1, 0.15) is 11.9 Å². The molecule has 5 amide bonds. The second-order valence-corrected chi connectivity index (χ2v) is 21.2. The lowest BCUT2D eigenvalue weighted by Crippen LogP contribution is -2.55. The van der Waals surface area contributed by atoms with Crippen LogP contribution in [0.25, 0.3) is 10.8 Å². The van der Waals surface area contributed by atoms with Gasteiger partial charge in [0, 0.05) is 94.7 Å². The van der Waals surface area contributed by atoms with E-state index in [1.165, 1.54) is 6.07 Å². The summed E-state index contributed by atoms with van der Waals surface area (Å²) < 4.78 is 21.7. The Kier molecular flexibility index (Phi) is 15.4.